The van der Waals surface area contributed by atoms with Gasteiger partial charge in [0.25, 0.3) is 10.1 Å². The SMILES string of the molecule is C[n+]1ccc(-c2cc[n+](CCCCS(=O)(=O)O)cc2)cc1. The van der Waals surface area contributed by atoms with Crippen molar-refractivity contribution in [3.05, 3.63) is 49.1 Å². The predicted octanol–water partition coefficient (Wildman–Crippen LogP) is 1.13. The van der Waals surface area contributed by atoms with E-state index >= 15 is 0 Å². The third-order valence-electron chi connectivity index (χ3n) is 3.27. The maximum Gasteiger partial charge on any atom is 0.264 e. The number of unbranched alkanes of at least 4 members (excludes halogenated alkanes) is 1. The summed E-state index contributed by atoms with van der Waals surface area (Å²) in [5.74, 6) is -0.174. The maximum atomic E-state index is 10.6. The van der Waals surface area contributed by atoms with Gasteiger partial charge in [0.2, 0.25) is 0 Å². The molecule has 5 nitrogen and oxygen atoms in total. The van der Waals surface area contributed by atoms with Gasteiger partial charge in [-0.05, 0) is 17.5 Å². The van der Waals surface area contributed by atoms with Crippen molar-refractivity contribution in [2.75, 3.05) is 5.75 Å². The topological polar surface area (TPSA) is 62.1 Å². The molecule has 0 fully saturated rings. The van der Waals surface area contributed by atoms with Gasteiger partial charge in [0.05, 0.1) is 5.75 Å². The summed E-state index contributed by atoms with van der Waals surface area (Å²) in [6, 6.07) is 8.20. The third kappa shape index (κ3) is 5.24. The van der Waals surface area contributed by atoms with Crippen LogP contribution in [-0.4, -0.2) is 18.7 Å². The first-order chi connectivity index (χ1) is 9.94. The molecule has 0 aliphatic carbocycles. The van der Waals surface area contributed by atoms with Gasteiger partial charge in [0.1, 0.15) is 13.6 Å². The molecule has 0 aliphatic heterocycles. The van der Waals surface area contributed by atoms with Crippen molar-refractivity contribution < 1.29 is 22.1 Å². The molecule has 0 bridgehead atoms. The summed E-state index contributed by atoms with van der Waals surface area (Å²) >= 11 is 0. The summed E-state index contributed by atoms with van der Waals surface area (Å²) < 4.78 is 33.9. The van der Waals surface area contributed by atoms with Crippen molar-refractivity contribution in [2.24, 2.45) is 7.05 Å². The van der Waals surface area contributed by atoms with E-state index in [1.54, 1.807) is 0 Å². The van der Waals surface area contributed by atoms with Gasteiger partial charge in [0, 0.05) is 30.7 Å². The lowest BCUT2D eigenvalue weighted by atomic mass is 10.1. The summed E-state index contributed by atoms with van der Waals surface area (Å²) in [6.45, 7) is 0.736. The van der Waals surface area contributed by atoms with Crippen LogP contribution in [0.15, 0.2) is 49.1 Å². The van der Waals surface area contributed by atoms with Crippen molar-refractivity contribution in [3.8, 4) is 11.1 Å². The van der Waals surface area contributed by atoms with Crippen LogP contribution in [0.1, 0.15) is 12.8 Å². The highest BCUT2D eigenvalue weighted by molar-refractivity contribution is 7.85. The van der Waals surface area contributed by atoms with Gasteiger partial charge >= 0.3 is 0 Å². The molecule has 0 saturated carbocycles. The normalized spacial score (nSPS) is 11.5. The average Bonchev–Trinajstić information content (AvgIpc) is 2.44. The first-order valence-corrected chi connectivity index (χ1v) is 8.45. The number of hydrogen-bond donors (Lipinski definition) is 1. The zero-order valence-electron chi connectivity index (χ0n) is 12.0. The minimum atomic E-state index is -3.84. The van der Waals surface area contributed by atoms with Crippen molar-refractivity contribution in [1.29, 1.82) is 0 Å². The minimum Gasteiger partial charge on any atom is -0.286 e. The number of nitrogens with zero attached hydrogens (tertiary/aromatic N) is 2. The first-order valence-electron chi connectivity index (χ1n) is 6.84. The highest BCUT2D eigenvalue weighted by atomic mass is 32.2. The smallest absolute Gasteiger partial charge is 0.264 e. The highest BCUT2D eigenvalue weighted by Gasteiger charge is 2.07. The first kappa shape index (κ1) is 15.6. The van der Waals surface area contributed by atoms with Gasteiger partial charge < -0.3 is 0 Å². The molecule has 21 heavy (non-hydrogen) atoms. The molecule has 0 aromatic carbocycles. The number of hydrogen-bond acceptors (Lipinski definition) is 2. The van der Waals surface area contributed by atoms with E-state index in [1.807, 2.05) is 53.1 Å². The maximum absolute atomic E-state index is 10.6. The number of aromatic nitrogens is 2. The van der Waals surface area contributed by atoms with E-state index in [4.69, 9.17) is 4.55 Å². The van der Waals surface area contributed by atoms with Crippen LogP contribution in [0.3, 0.4) is 0 Å². The Morgan fingerprint density at radius 2 is 1.48 bits per heavy atom. The van der Waals surface area contributed by atoms with Crippen LogP contribution in [0.2, 0.25) is 0 Å². The summed E-state index contributed by atoms with van der Waals surface area (Å²) in [7, 11) is -1.85. The summed E-state index contributed by atoms with van der Waals surface area (Å²) in [4.78, 5) is 0. The molecule has 0 radical (unpaired) electrons. The molecule has 2 rings (SSSR count). The Bertz CT molecular complexity index is 680. The fourth-order valence-electron chi connectivity index (χ4n) is 2.07. The van der Waals surface area contributed by atoms with Crippen LogP contribution >= 0.6 is 0 Å². The van der Waals surface area contributed by atoms with Gasteiger partial charge in [0.15, 0.2) is 24.8 Å². The molecule has 112 valence electrons. The highest BCUT2D eigenvalue weighted by Crippen LogP contribution is 2.15. The molecule has 0 saturated heterocycles. The fourth-order valence-corrected chi connectivity index (χ4v) is 2.64. The van der Waals surface area contributed by atoms with Crippen LogP contribution in [-0.2, 0) is 23.7 Å². The second kappa shape index (κ2) is 6.78. The lowest BCUT2D eigenvalue weighted by Gasteiger charge is -2.00. The van der Waals surface area contributed by atoms with Crippen molar-refractivity contribution >= 4 is 10.1 Å². The monoisotopic (exact) mass is 308 g/mol. The van der Waals surface area contributed by atoms with Gasteiger partial charge in [-0.15, -0.1) is 0 Å². The Labute approximate surface area is 125 Å². The third-order valence-corrected chi connectivity index (χ3v) is 4.08. The van der Waals surface area contributed by atoms with Crippen LogP contribution in [0.5, 0.6) is 0 Å². The van der Waals surface area contributed by atoms with E-state index in [9.17, 15) is 8.42 Å². The minimum absolute atomic E-state index is 0.174. The van der Waals surface area contributed by atoms with Crippen LogP contribution in [0, 0.1) is 0 Å². The lowest BCUT2D eigenvalue weighted by Crippen LogP contribution is -2.32. The van der Waals surface area contributed by atoms with Gasteiger partial charge in [-0.25, -0.2) is 9.13 Å². The quantitative estimate of drug-likeness (QED) is 0.494. The molecule has 1 N–H and O–H groups in total. The summed E-state index contributed by atoms with van der Waals surface area (Å²) in [5, 5.41) is 0. The zero-order chi connectivity index (χ0) is 15.3. The Morgan fingerprint density at radius 3 is 2.00 bits per heavy atom. The van der Waals surface area contributed by atoms with Crippen LogP contribution in [0.25, 0.3) is 11.1 Å². The molecule has 6 heteroatoms. The number of rotatable bonds is 6. The average molecular weight is 308 g/mol. The Balaban J connectivity index is 1.91. The molecule has 0 unspecified atom stereocenters. The Hall–Kier alpha value is -1.79. The molecule has 0 aliphatic rings. The van der Waals surface area contributed by atoms with Gasteiger partial charge in [-0.3, -0.25) is 4.55 Å². The predicted molar refractivity (Wildman–Crippen MR) is 78.9 cm³/mol. The zero-order valence-corrected chi connectivity index (χ0v) is 12.8. The number of aryl methyl sites for hydroxylation is 2. The Morgan fingerprint density at radius 1 is 0.952 bits per heavy atom. The molecular weight excluding hydrogens is 288 g/mol. The largest absolute Gasteiger partial charge is 0.286 e. The van der Waals surface area contributed by atoms with E-state index in [1.165, 1.54) is 0 Å². The standard InChI is InChI=1S/C15H19N2O3S/c1-16-9-4-14(5-10-16)15-6-11-17(12-7-15)8-2-3-13-21(18,19)20/h4-7,9-12H,2-3,8,13H2,1H3/q+1/p+1. The number of pyridine rings is 2. The van der Waals surface area contributed by atoms with E-state index in [0.29, 0.717) is 12.8 Å². The molecule has 0 spiro atoms. The molecule has 2 aromatic heterocycles. The fraction of sp³-hybridized carbons (Fsp3) is 0.333. The molecular formula is C15H20N2O3S+2. The Kier molecular flexibility index (Phi) is 5.03. The van der Waals surface area contributed by atoms with Crippen molar-refractivity contribution in [3.63, 3.8) is 0 Å². The lowest BCUT2D eigenvalue weighted by molar-refractivity contribution is -0.697. The van der Waals surface area contributed by atoms with Gasteiger partial charge in [-0.1, -0.05) is 0 Å². The molecule has 2 aromatic rings. The van der Waals surface area contributed by atoms with Crippen LogP contribution in [0.4, 0.5) is 0 Å². The van der Waals surface area contributed by atoms with E-state index in [-0.39, 0.29) is 5.75 Å². The molecule has 0 atom stereocenters. The second-order valence-electron chi connectivity index (χ2n) is 5.07. The summed E-state index contributed by atoms with van der Waals surface area (Å²) in [5.41, 5.74) is 2.30. The van der Waals surface area contributed by atoms with E-state index < -0.39 is 10.1 Å². The van der Waals surface area contributed by atoms with Gasteiger partial charge in [-0.2, -0.15) is 8.42 Å². The molecule has 0 amide bonds. The summed E-state index contributed by atoms with van der Waals surface area (Å²) in [6.07, 6.45) is 9.15. The second-order valence-corrected chi connectivity index (χ2v) is 6.64. The van der Waals surface area contributed by atoms with Crippen molar-refractivity contribution in [1.82, 2.24) is 0 Å². The van der Waals surface area contributed by atoms with E-state index in [2.05, 4.69) is 12.1 Å². The van der Waals surface area contributed by atoms with E-state index in [0.717, 1.165) is 17.7 Å². The molecule has 2 heterocycles. The van der Waals surface area contributed by atoms with Crippen molar-refractivity contribution in [2.45, 2.75) is 19.4 Å². The van der Waals surface area contributed by atoms with Crippen LogP contribution < -0.4 is 9.13 Å².